The molecule has 1 aliphatic rings. The average Bonchev–Trinajstić information content (AvgIpc) is 2.84. The molecule has 3 N–H and O–H groups in total. The summed E-state index contributed by atoms with van der Waals surface area (Å²) < 4.78 is 2.21. The monoisotopic (exact) mass is 287 g/mol. The lowest BCUT2D eigenvalue weighted by molar-refractivity contribution is 0.598. The highest BCUT2D eigenvalue weighted by Gasteiger charge is 2.24. The van der Waals surface area contributed by atoms with Gasteiger partial charge in [-0.1, -0.05) is 6.07 Å². The Morgan fingerprint density at radius 2 is 2.10 bits per heavy atom. The molecule has 0 saturated carbocycles. The molecule has 7 nitrogen and oxygen atoms in total. The molecule has 2 aromatic rings. The summed E-state index contributed by atoms with van der Waals surface area (Å²) in [5.74, 6) is 0.189. The third kappa shape index (κ3) is 2.20. The van der Waals surface area contributed by atoms with Gasteiger partial charge in [0.2, 0.25) is 5.82 Å². The first-order valence-corrected chi connectivity index (χ1v) is 6.76. The third-order valence-corrected chi connectivity index (χ3v) is 3.88. The number of rotatable bonds is 2. The molecule has 0 spiro atoms. The van der Waals surface area contributed by atoms with Crippen molar-refractivity contribution < 1.29 is 0 Å². The maximum Gasteiger partial charge on any atom is 0.346 e. The number of nitrogens with two attached hydrogens (primary N) is 1. The molecule has 0 saturated heterocycles. The highest BCUT2D eigenvalue weighted by molar-refractivity contribution is 5.50. The van der Waals surface area contributed by atoms with Crippen LogP contribution in [0.4, 0.5) is 11.5 Å². The SMILES string of the molecule is Cn1nc(NC2CCc3cc(N)ccc32)c(=O)n(C)c1=O. The van der Waals surface area contributed by atoms with Gasteiger partial charge in [0, 0.05) is 19.8 Å². The first-order chi connectivity index (χ1) is 9.97. The molecule has 0 radical (unpaired) electrons. The van der Waals surface area contributed by atoms with E-state index in [0.717, 1.165) is 33.3 Å². The van der Waals surface area contributed by atoms with E-state index in [9.17, 15) is 9.59 Å². The summed E-state index contributed by atoms with van der Waals surface area (Å²) in [5.41, 5.74) is 7.99. The highest BCUT2D eigenvalue weighted by Crippen LogP contribution is 2.33. The van der Waals surface area contributed by atoms with E-state index in [-0.39, 0.29) is 11.9 Å². The number of nitrogens with zero attached hydrogens (tertiary/aromatic N) is 3. The summed E-state index contributed by atoms with van der Waals surface area (Å²) in [5, 5.41) is 7.17. The third-order valence-electron chi connectivity index (χ3n) is 3.88. The molecule has 1 heterocycles. The maximum absolute atomic E-state index is 12.1. The Kier molecular flexibility index (Phi) is 3.04. The van der Waals surface area contributed by atoms with Crippen LogP contribution >= 0.6 is 0 Å². The van der Waals surface area contributed by atoms with Crippen LogP contribution in [0.25, 0.3) is 0 Å². The molecule has 0 aliphatic heterocycles. The van der Waals surface area contributed by atoms with Crippen LogP contribution in [0.5, 0.6) is 0 Å². The Hall–Kier alpha value is -2.57. The summed E-state index contributed by atoms with van der Waals surface area (Å²) in [6, 6.07) is 5.80. The number of aromatic nitrogens is 3. The molecule has 1 atom stereocenters. The molecule has 1 aliphatic carbocycles. The molecular weight excluding hydrogens is 270 g/mol. The number of hydrogen-bond acceptors (Lipinski definition) is 5. The fourth-order valence-electron chi connectivity index (χ4n) is 2.74. The van der Waals surface area contributed by atoms with Gasteiger partial charge in [0.25, 0.3) is 5.56 Å². The quantitative estimate of drug-likeness (QED) is 0.767. The van der Waals surface area contributed by atoms with Crippen molar-refractivity contribution in [2.75, 3.05) is 11.1 Å². The Balaban J connectivity index is 1.97. The lowest BCUT2D eigenvalue weighted by Gasteiger charge is -2.15. The van der Waals surface area contributed by atoms with Gasteiger partial charge >= 0.3 is 5.69 Å². The van der Waals surface area contributed by atoms with E-state index in [1.807, 2.05) is 18.2 Å². The van der Waals surface area contributed by atoms with E-state index in [1.54, 1.807) is 0 Å². The minimum absolute atomic E-state index is 0.0123. The van der Waals surface area contributed by atoms with Crippen molar-refractivity contribution in [2.45, 2.75) is 18.9 Å². The van der Waals surface area contributed by atoms with Crippen molar-refractivity contribution >= 4 is 11.5 Å². The Labute approximate surface area is 121 Å². The fourth-order valence-corrected chi connectivity index (χ4v) is 2.74. The van der Waals surface area contributed by atoms with Gasteiger partial charge < -0.3 is 11.1 Å². The van der Waals surface area contributed by atoms with E-state index in [0.29, 0.717) is 0 Å². The minimum atomic E-state index is -0.440. The number of anilines is 2. The fraction of sp³-hybridized carbons (Fsp3) is 0.357. The van der Waals surface area contributed by atoms with Crippen molar-refractivity contribution in [3.05, 3.63) is 50.2 Å². The minimum Gasteiger partial charge on any atom is -0.399 e. The predicted molar refractivity (Wildman–Crippen MR) is 80.3 cm³/mol. The normalized spacial score (nSPS) is 16.8. The zero-order valence-corrected chi connectivity index (χ0v) is 12.0. The van der Waals surface area contributed by atoms with Crippen molar-refractivity contribution in [1.82, 2.24) is 14.3 Å². The molecule has 3 rings (SSSR count). The van der Waals surface area contributed by atoms with E-state index in [4.69, 9.17) is 5.73 Å². The topological polar surface area (TPSA) is 94.9 Å². The molecule has 1 unspecified atom stereocenters. The molecule has 0 amide bonds. The highest BCUT2D eigenvalue weighted by atomic mass is 16.2. The second-order valence-corrected chi connectivity index (χ2v) is 5.31. The van der Waals surface area contributed by atoms with Crippen molar-refractivity contribution in [3.8, 4) is 0 Å². The van der Waals surface area contributed by atoms with Gasteiger partial charge in [0.15, 0.2) is 0 Å². The molecule has 1 aromatic heterocycles. The van der Waals surface area contributed by atoms with Crippen LogP contribution < -0.4 is 22.3 Å². The van der Waals surface area contributed by atoms with Crippen molar-refractivity contribution in [3.63, 3.8) is 0 Å². The number of benzene rings is 1. The zero-order valence-electron chi connectivity index (χ0n) is 12.0. The van der Waals surface area contributed by atoms with Gasteiger partial charge in [-0.05, 0) is 36.1 Å². The summed E-state index contributed by atoms with van der Waals surface area (Å²) >= 11 is 0. The summed E-state index contributed by atoms with van der Waals surface area (Å²) in [6.45, 7) is 0. The summed E-state index contributed by atoms with van der Waals surface area (Å²) in [7, 11) is 2.97. The number of nitrogens with one attached hydrogen (secondary N) is 1. The van der Waals surface area contributed by atoms with Crippen molar-refractivity contribution in [2.24, 2.45) is 14.1 Å². The number of nitrogen functional groups attached to an aromatic ring is 1. The van der Waals surface area contributed by atoms with Gasteiger partial charge in [-0.15, -0.1) is 5.10 Å². The molecule has 110 valence electrons. The maximum atomic E-state index is 12.1. The van der Waals surface area contributed by atoms with Gasteiger partial charge in [-0.3, -0.25) is 9.36 Å². The Morgan fingerprint density at radius 1 is 1.33 bits per heavy atom. The summed E-state index contributed by atoms with van der Waals surface area (Å²) in [6.07, 6.45) is 1.77. The molecule has 0 bridgehead atoms. The average molecular weight is 287 g/mol. The van der Waals surface area contributed by atoms with Crippen LogP contribution in [-0.2, 0) is 20.5 Å². The van der Waals surface area contributed by atoms with E-state index in [1.165, 1.54) is 19.7 Å². The zero-order chi connectivity index (χ0) is 15.1. The van der Waals surface area contributed by atoms with Gasteiger partial charge in [-0.2, -0.15) is 0 Å². The van der Waals surface area contributed by atoms with E-state index < -0.39 is 11.2 Å². The smallest absolute Gasteiger partial charge is 0.346 e. The Morgan fingerprint density at radius 3 is 2.86 bits per heavy atom. The van der Waals surface area contributed by atoms with Crippen LogP contribution in [0.2, 0.25) is 0 Å². The number of fused-ring (bicyclic) bond motifs is 1. The second kappa shape index (κ2) is 4.76. The first kappa shape index (κ1) is 13.4. The van der Waals surface area contributed by atoms with Crippen LogP contribution in [0.15, 0.2) is 27.8 Å². The lowest BCUT2D eigenvalue weighted by atomic mass is 10.1. The molecule has 21 heavy (non-hydrogen) atoms. The van der Waals surface area contributed by atoms with E-state index >= 15 is 0 Å². The largest absolute Gasteiger partial charge is 0.399 e. The molecule has 7 heteroatoms. The number of aryl methyl sites for hydroxylation is 2. The summed E-state index contributed by atoms with van der Waals surface area (Å²) in [4.78, 5) is 23.7. The predicted octanol–water partition coefficient (Wildman–Crippen LogP) is 0.161. The molecular formula is C14H17N5O2. The van der Waals surface area contributed by atoms with Gasteiger partial charge in [-0.25, -0.2) is 9.48 Å². The van der Waals surface area contributed by atoms with Gasteiger partial charge in [0.1, 0.15) is 0 Å². The molecule has 0 fully saturated rings. The standard InChI is InChI=1S/C14H17N5O2/c1-18-13(20)12(17-19(2)14(18)21)16-11-6-3-8-7-9(15)4-5-10(8)11/h4-5,7,11H,3,6,15H2,1-2H3,(H,16,17). The Bertz CT molecular complexity index is 821. The lowest BCUT2D eigenvalue weighted by Crippen LogP contribution is -2.40. The van der Waals surface area contributed by atoms with E-state index in [2.05, 4.69) is 10.4 Å². The molecule has 1 aromatic carbocycles. The first-order valence-electron chi connectivity index (χ1n) is 6.76. The van der Waals surface area contributed by atoms with Crippen LogP contribution in [0.1, 0.15) is 23.6 Å². The van der Waals surface area contributed by atoms with Gasteiger partial charge in [0.05, 0.1) is 6.04 Å². The van der Waals surface area contributed by atoms with Crippen molar-refractivity contribution in [1.29, 1.82) is 0 Å². The van der Waals surface area contributed by atoms with Crippen LogP contribution in [0, 0.1) is 0 Å². The van der Waals surface area contributed by atoms with Crippen LogP contribution in [-0.4, -0.2) is 14.3 Å². The number of hydrogen-bond donors (Lipinski definition) is 2. The second-order valence-electron chi connectivity index (χ2n) is 5.31. The van der Waals surface area contributed by atoms with Crippen LogP contribution in [0.3, 0.4) is 0 Å².